The highest BCUT2D eigenvalue weighted by Gasteiger charge is 2.06. The van der Waals surface area contributed by atoms with Gasteiger partial charge in [-0.3, -0.25) is 0 Å². The van der Waals surface area contributed by atoms with Crippen LogP contribution in [0.3, 0.4) is 0 Å². The molecule has 0 aliphatic carbocycles. The molecule has 0 radical (unpaired) electrons. The Labute approximate surface area is 88.0 Å². The third kappa shape index (κ3) is 2.35. The lowest BCUT2D eigenvalue weighted by atomic mass is 10.1. The summed E-state index contributed by atoms with van der Waals surface area (Å²) in [5, 5.41) is 9.82. The van der Waals surface area contributed by atoms with Gasteiger partial charge in [-0.25, -0.2) is 4.98 Å². The summed E-state index contributed by atoms with van der Waals surface area (Å²) in [5.41, 5.74) is 7.35. The van der Waals surface area contributed by atoms with Crippen molar-refractivity contribution in [3.8, 4) is 0 Å². The van der Waals surface area contributed by atoms with E-state index in [-0.39, 0.29) is 0 Å². The van der Waals surface area contributed by atoms with Crippen LogP contribution in [0.4, 0.5) is 5.69 Å². The maximum atomic E-state index is 9.82. The van der Waals surface area contributed by atoms with E-state index in [1.807, 2.05) is 24.3 Å². The van der Waals surface area contributed by atoms with Crippen LogP contribution in [-0.4, -0.2) is 14.7 Å². The summed E-state index contributed by atoms with van der Waals surface area (Å²) in [4.78, 5) is 3.88. The van der Waals surface area contributed by atoms with E-state index in [4.69, 9.17) is 5.73 Å². The summed E-state index contributed by atoms with van der Waals surface area (Å²) in [6.45, 7) is 0. The molecule has 0 amide bonds. The Morgan fingerprint density at radius 2 is 2.07 bits per heavy atom. The van der Waals surface area contributed by atoms with Crippen LogP contribution in [0, 0.1) is 0 Å². The summed E-state index contributed by atoms with van der Waals surface area (Å²) in [6, 6.07) is 7.48. The van der Waals surface area contributed by atoms with Gasteiger partial charge in [-0.05, 0) is 17.7 Å². The first kappa shape index (κ1) is 9.73. The number of anilines is 1. The van der Waals surface area contributed by atoms with Crippen molar-refractivity contribution in [1.29, 1.82) is 0 Å². The molecule has 15 heavy (non-hydrogen) atoms. The summed E-state index contributed by atoms with van der Waals surface area (Å²) in [5.74, 6) is 0. The number of nitrogens with zero attached hydrogens (tertiary/aromatic N) is 2. The molecule has 0 saturated heterocycles. The second-order valence-corrected chi connectivity index (χ2v) is 3.44. The van der Waals surface area contributed by atoms with Gasteiger partial charge in [-0.15, -0.1) is 0 Å². The van der Waals surface area contributed by atoms with Crippen LogP contribution < -0.4 is 5.73 Å². The first-order valence-corrected chi connectivity index (χ1v) is 4.75. The first-order chi connectivity index (χ1) is 7.25. The van der Waals surface area contributed by atoms with Gasteiger partial charge in [-0.2, -0.15) is 0 Å². The van der Waals surface area contributed by atoms with Crippen LogP contribution in [0.15, 0.2) is 43.0 Å². The van der Waals surface area contributed by atoms with Gasteiger partial charge in [0.05, 0.1) is 6.33 Å². The van der Waals surface area contributed by atoms with Crippen LogP contribution in [0.25, 0.3) is 0 Å². The van der Waals surface area contributed by atoms with Crippen LogP contribution in [0.1, 0.15) is 11.8 Å². The minimum Gasteiger partial charge on any atom is -0.399 e. The van der Waals surface area contributed by atoms with E-state index in [1.54, 1.807) is 23.3 Å². The standard InChI is InChI=1S/C11H13N3O/c12-10-3-1-9(2-4-10)7-11(15)14-6-5-13-8-14/h1-6,8,11,15H,7,12H2. The number of rotatable bonds is 3. The number of hydrogen-bond donors (Lipinski definition) is 2. The molecule has 0 bridgehead atoms. The Balaban J connectivity index is 2.06. The Hall–Kier alpha value is -1.81. The molecule has 1 atom stereocenters. The third-order valence-electron chi connectivity index (χ3n) is 2.27. The monoisotopic (exact) mass is 203 g/mol. The Morgan fingerprint density at radius 1 is 1.33 bits per heavy atom. The van der Waals surface area contributed by atoms with Crippen LogP contribution in [0.5, 0.6) is 0 Å². The average Bonchev–Trinajstić information content (AvgIpc) is 2.74. The first-order valence-electron chi connectivity index (χ1n) is 4.75. The Morgan fingerprint density at radius 3 is 2.67 bits per heavy atom. The molecule has 78 valence electrons. The molecule has 1 unspecified atom stereocenters. The number of aromatic nitrogens is 2. The zero-order chi connectivity index (χ0) is 10.7. The molecule has 1 aromatic heterocycles. The fourth-order valence-electron chi connectivity index (χ4n) is 1.42. The van der Waals surface area contributed by atoms with Crippen LogP contribution in [-0.2, 0) is 6.42 Å². The number of nitrogens with two attached hydrogens (primary N) is 1. The summed E-state index contributed by atoms with van der Waals surface area (Å²) in [6.07, 6.45) is 4.96. The summed E-state index contributed by atoms with van der Waals surface area (Å²) < 4.78 is 1.66. The molecule has 0 saturated carbocycles. The molecule has 0 fully saturated rings. The van der Waals surface area contributed by atoms with Crippen molar-refractivity contribution in [3.05, 3.63) is 48.5 Å². The van der Waals surface area contributed by atoms with Gasteiger partial charge in [0.15, 0.2) is 0 Å². The molecule has 4 heteroatoms. The molecule has 0 aliphatic rings. The fraction of sp³-hybridized carbons (Fsp3) is 0.182. The van der Waals surface area contributed by atoms with Gasteiger partial charge in [0.2, 0.25) is 0 Å². The fourth-order valence-corrected chi connectivity index (χ4v) is 1.42. The molecule has 1 aromatic carbocycles. The van der Waals surface area contributed by atoms with Crippen molar-refractivity contribution >= 4 is 5.69 Å². The van der Waals surface area contributed by atoms with Crippen molar-refractivity contribution in [2.75, 3.05) is 5.73 Å². The van der Waals surface area contributed by atoms with E-state index in [9.17, 15) is 5.11 Å². The molecule has 0 aliphatic heterocycles. The SMILES string of the molecule is Nc1ccc(CC(O)n2ccnc2)cc1. The lowest BCUT2D eigenvalue weighted by molar-refractivity contribution is 0.104. The third-order valence-corrected chi connectivity index (χ3v) is 2.27. The van der Waals surface area contributed by atoms with Gasteiger partial charge < -0.3 is 15.4 Å². The molecule has 1 heterocycles. The topological polar surface area (TPSA) is 64.1 Å². The van der Waals surface area contributed by atoms with Gasteiger partial charge >= 0.3 is 0 Å². The van der Waals surface area contributed by atoms with Crippen LogP contribution in [0.2, 0.25) is 0 Å². The molecular formula is C11H13N3O. The normalized spacial score (nSPS) is 12.6. The second-order valence-electron chi connectivity index (χ2n) is 3.44. The van der Waals surface area contributed by atoms with E-state index < -0.39 is 6.23 Å². The predicted octanol–water partition coefficient (Wildman–Crippen LogP) is 1.20. The molecular weight excluding hydrogens is 190 g/mol. The largest absolute Gasteiger partial charge is 0.399 e. The van der Waals surface area contributed by atoms with E-state index >= 15 is 0 Å². The number of aliphatic hydroxyl groups excluding tert-OH is 1. The zero-order valence-electron chi connectivity index (χ0n) is 8.24. The summed E-state index contributed by atoms with van der Waals surface area (Å²) >= 11 is 0. The van der Waals surface area contributed by atoms with Crippen molar-refractivity contribution in [2.45, 2.75) is 12.6 Å². The Kier molecular flexibility index (Phi) is 2.69. The highest BCUT2D eigenvalue weighted by Crippen LogP contribution is 2.12. The van der Waals surface area contributed by atoms with Crippen LogP contribution >= 0.6 is 0 Å². The van der Waals surface area contributed by atoms with Crippen molar-refractivity contribution in [3.63, 3.8) is 0 Å². The van der Waals surface area contributed by atoms with Crippen molar-refractivity contribution < 1.29 is 5.11 Å². The Bertz CT molecular complexity index is 408. The van der Waals surface area contributed by atoms with Gasteiger partial charge in [0, 0.05) is 24.5 Å². The van der Waals surface area contributed by atoms with E-state index in [0.29, 0.717) is 6.42 Å². The number of aliphatic hydroxyl groups is 1. The quantitative estimate of drug-likeness (QED) is 0.737. The van der Waals surface area contributed by atoms with Gasteiger partial charge in [-0.1, -0.05) is 12.1 Å². The minimum absolute atomic E-state index is 0.552. The zero-order valence-corrected chi connectivity index (χ0v) is 8.24. The van der Waals surface area contributed by atoms with E-state index in [2.05, 4.69) is 4.98 Å². The highest BCUT2D eigenvalue weighted by molar-refractivity contribution is 5.39. The second kappa shape index (κ2) is 4.14. The minimum atomic E-state index is -0.573. The summed E-state index contributed by atoms with van der Waals surface area (Å²) in [7, 11) is 0. The lowest BCUT2D eigenvalue weighted by Gasteiger charge is -2.11. The molecule has 2 aromatic rings. The van der Waals surface area contributed by atoms with Crippen molar-refractivity contribution in [1.82, 2.24) is 9.55 Å². The number of benzene rings is 1. The van der Waals surface area contributed by atoms with E-state index in [1.165, 1.54) is 0 Å². The highest BCUT2D eigenvalue weighted by atomic mass is 16.3. The van der Waals surface area contributed by atoms with E-state index in [0.717, 1.165) is 11.3 Å². The maximum Gasteiger partial charge on any atom is 0.135 e. The molecule has 2 rings (SSSR count). The number of nitrogen functional groups attached to an aromatic ring is 1. The van der Waals surface area contributed by atoms with Gasteiger partial charge in [0.1, 0.15) is 6.23 Å². The smallest absolute Gasteiger partial charge is 0.135 e. The lowest BCUT2D eigenvalue weighted by Crippen LogP contribution is -2.09. The molecule has 3 N–H and O–H groups in total. The van der Waals surface area contributed by atoms with Gasteiger partial charge in [0.25, 0.3) is 0 Å². The molecule has 4 nitrogen and oxygen atoms in total. The number of imidazole rings is 1. The maximum absolute atomic E-state index is 9.82. The van der Waals surface area contributed by atoms with Crippen molar-refractivity contribution in [2.24, 2.45) is 0 Å². The predicted molar refractivity (Wildman–Crippen MR) is 58.0 cm³/mol. The molecule has 0 spiro atoms. The average molecular weight is 203 g/mol. The number of hydrogen-bond acceptors (Lipinski definition) is 3.